The Morgan fingerprint density at radius 3 is 1.83 bits per heavy atom. The van der Waals surface area contributed by atoms with Gasteiger partial charge in [0.1, 0.15) is 0 Å². The average molecular weight is 192 g/mol. The van der Waals surface area contributed by atoms with Crippen LogP contribution in [0.5, 0.6) is 0 Å². The first-order valence-corrected chi connectivity index (χ1v) is 6.42. The van der Waals surface area contributed by atoms with Gasteiger partial charge in [-0.15, -0.1) is 0 Å². The molecule has 2 nitrogen and oxygen atoms in total. The highest BCUT2D eigenvalue weighted by Gasteiger charge is 2.26. The minimum Gasteiger partial charge on any atom is -0.229 e. The normalized spacial score (nSPS) is 17.3. The molecule has 2 atom stereocenters. The molecule has 0 bridgehead atoms. The summed E-state index contributed by atoms with van der Waals surface area (Å²) in [5.74, 6) is 0.565. The van der Waals surface area contributed by atoms with E-state index in [-0.39, 0.29) is 11.0 Å². The van der Waals surface area contributed by atoms with E-state index in [1.54, 1.807) is 6.92 Å². The molecule has 0 aromatic heterocycles. The Bertz CT molecular complexity index is 207. The van der Waals surface area contributed by atoms with Crippen LogP contribution in [0.3, 0.4) is 0 Å². The second-order valence-electron chi connectivity index (χ2n) is 3.28. The van der Waals surface area contributed by atoms with Crippen molar-refractivity contribution in [3.8, 4) is 0 Å². The molecule has 0 saturated heterocycles. The van der Waals surface area contributed by atoms with E-state index in [0.29, 0.717) is 5.92 Å². The summed E-state index contributed by atoms with van der Waals surface area (Å²) in [6.07, 6.45) is 1.68. The SMILES string of the molecule is CCC(C)C(CC)S(=O)(=O)CC. The molecule has 0 fully saturated rings. The number of hydrogen-bond donors (Lipinski definition) is 0. The lowest BCUT2D eigenvalue weighted by Gasteiger charge is -2.20. The van der Waals surface area contributed by atoms with Gasteiger partial charge in [0, 0.05) is 5.75 Å². The Labute approximate surface area is 76.3 Å². The summed E-state index contributed by atoms with van der Waals surface area (Å²) in [4.78, 5) is 0. The first-order chi connectivity index (χ1) is 5.49. The van der Waals surface area contributed by atoms with Crippen molar-refractivity contribution in [2.75, 3.05) is 5.75 Å². The maximum atomic E-state index is 11.5. The molecule has 0 spiro atoms. The Kier molecular flexibility index (Phi) is 4.83. The molecule has 0 aromatic carbocycles. The molecule has 0 aliphatic rings. The van der Waals surface area contributed by atoms with E-state index in [1.165, 1.54) is 0 Å². The van der Waals surface area contributed by atoms with Crippen molar-refractivity contribution >= 4 is 9.84 Å². The van der Waals surface area contributed by atoms with Gasteiger partial charge in [-0.1, -0.05) is 34.1 Å². The van der Waals surface area contributed by atoms with Crippen molar-refractivity contribution in [3.63, 3.8) is 0 Å². The molecule has 0 radical (unpaired) electrons. The van der Waals surface area contributed by atoms with E-state index in [9.17, 15) is 8.42 Å². The molecular formula is C9H20O2S. The van der Waals surface area contributed by atoms with Crippen LogP contribution >= 0.6 is 0 Å². The summed E-state index contributed by atoms with van der Waals surface area (Å²) >= 11 is 0. The van der Waals surface area contributed by atoms with Gasteiger partial charge in [-0.05, 0) is 12.3 Å². The molecule has 0 aliphatic heterocycles. The van der Waals surface area contributed by atoms with Gasteiger partial charge in [0.25, 0.3) is 0 Å². The van der Waals surface area contributed by atoms with E-state index in [1.807, 2.05) is 20.8 Å². The van der Waals surface area contributed by atoms with E-state index in [4.69, 9.17) is 0 Å². The topological polar surface area (TPSA) is 34.1 Å². The summed E-state index contributed by atoms with van der Waals surface area (Å²) in [5.41, 5.74) is 0. The molecule has 3 heteroatoms. The van der Waals surface area contributed by atoms with Crippen LogP contribution in [0.25, 0.3) is 0 Å². The highest BCUT2D eigenvalue weighted by molar-refractivity contribution is 7.92. The van der Waals surface area contributed by atoms with E-state index < -0.39 is 9.84 Å². The van der Waals surface area contributed by atoms with Crippen LogP contribution in [0.2, 0.25) is 0 Å². The maximum Gasteiger partial charge on any atom is 0.153 e. The van der Waals surface area contributed by atoms with Gasteiger partial charge in [0.2, 0.25) is 0 Å². The van der Waals surface area contributed by atoms with Crippen LogP contribution in [0.1, 0.15) is 40.5 Å². The van der Waals surface area contributed by atoms with Crippen molar-refractivity contribution in [3.05, 3.63) is 0 Å². The summed E-state index contributed by atoms with van der Waals surface area (Å²) in [5, 5.41) is -0.132. The standard InChI is InChI=1S/C9H20O2S/c1-5-8(4)9(6-2)12(10,11)7-3/h8-9H,5-7H2,1-4H3. The molecule has 0 amide bonds. The van der Waals surface area contributed by atoms with Crippen molar-refractivity contribution in [2.24, 2.45) is 5.92 Å². The van der Waals surface area contributed by atoms with Crippen LogP contribution in [-0.2, 0) is 9.84 Å². The van der Waals surface area contributed by atoms with Gasteiger partial charge >= 0.3 is 0 Å². The van der Waals surface area contributed by atoms with Crippen molar-refractivity contribution in [1.29, 1.82) is 0 Å². The zero-order valence-electron chi connectivity index (χ0n) is 8.50. The molecule has 0 rings (SSSR count). The Hall–Kier alpha value is -0.0500. The largest absolute Gasteiger partial charge is 0.229 e. The lowest BCUT2D eigenvalue weighted by molar-refractivity contribution is 0.484. The zero-order chi connectivity index (χ0) is 9.78. The van der Waals surface area contributed by atoms with E-state index >= 15 is 0 Å². The first-order valence-electron chi connectivity index (χ1n) is 4.71. The van der Waals surface area contributed by atoms with Crippen LogP contribution in [0, 0.1) is 5.92 Å². The van der Waals surface area contributed by atoms with Crippen molar-refractivity contribution < 1.29 is 8.42 Å². The summed E-state index contributed by atoms with van der Waals surface area (Å²) in [6.45, 7) is 7.73. The Morgan fingerprint density at radius 2 is 1.58 bits per heavy atom. The average Bonchev–Trinajstić information content (AvgIpc) is 2.05. The maximum absolute atomic E-state index is 11.5. The summed E-state index contributed by atoms with van der Waals surface area (Å²) in [6, 6.07) is 0. The van der Waals surface area contributed by atoms with Crippen LogP contribution in [-0.4, -0.2) is 19.4 Å². The van der Waals surface area contributed by atoms with Gasteiger partial charge < -0.3 is 0 Å². The van der Waals surface area contributed by atoms with Crippen molar-refractivity contribution in [2.45, 2.75) is 45.8 Å². The quantitative estimate of drug-likeness (QED) is 0.669. The van der Waals surface area contributed by atoms with E-state index in [2.05, 4.69) is 0 Å². The van der Waals surface area contributed by atoms with Gasteiger partial charge in [-0.2, -0.15) is 0 Å². The monoisotopic (exact) mass is 192 g/mol. The smallest absolute Gasteiger partial charge is 0.153 e. The van der Waals surface area contributed by atoms with Crippen molar-refractivity contribution in [1.82, 2.24) is 0 Å². The molecule has 0 N–H and O–H groups in total. The second-order valence-corrected chi connectivity index (χ2v) is 5.79. The number of rotatable bonds is 5. The Balaban J connectivity index is 4.56. The van der Waals surface area contributed by atoms with Gasteiger partial charge in [0.05, 0.1) is 5.25 Å². The fraction of sp³-hybridized carbons (Fsp3) is 1.00. The molecular weight excluding hydrogens is 172 g/mol. The molecule has 0 saturated carbocycles. The number of sulfone groups is 1. The zero-order valence-corrected chi connectivity index (χ0v) is 9.32. The molecule has 74 valence electrons. The molecule has 0 aliphatic carbocycles. The molecule has 2 unspecified atom stereocenters. The first kappa shape index (κ1) is 11.9. The molecule has 12 heavy (non-hydrogen) atoms. The van der Waals surface area contributed by atoms with Gasteiger partial charge in [-0.25, -0.2) is 8.42 Å². The van der Waals surface area contributed by atoms with Gasteiger partial charge in [0.15, 0.2) is 9.84 Å². The Morgan fingerprint density at radius 1 is 1.08 bits per heavy atom. The second kappa shape index (κ2) is 4.85. The third kappa shape index (κ3) is 2.77. The minimum atomic E-state index is -2.82. The lowest BCUT2D eigenvalue weighted by atomic mass is 10.0. The van der Waals surface area contributed by atoms with E-state index in [0.717, 1.165) is 12.8 Å². The predicted molar refractivity (Wildman–Crippen MR) is 53.0 cm³/mol. The summed E-state index contributed by atoms with van der Waals surface area (Å²) in [7, 11) is -2.82. The minimum absolute atomic E-state index is 0.132. The summed E-state index contributed by atoms with van der Waals surface area (Å²) < 4.78 is 23.1. The highest BCUT2D eigenvalue weighted by Crippen LogP contribution is 2.19. The van der Waals surface area contributed by atoms with Crippen LogP contribution < -0.4 is 0 Å². The third-order valence-corrected chi connectivity index (χ3v) is 5.07. The molecule has 0 aromatic rings. The molecule has 0 heterocycles. The fourth-order valence-corrected chi connectivity index (χ4v) is 3.32. The fourth-order valence-electron chi connectivity index (χ4n) is 1.49. The predicted octanol–water partition coefficient (Wildman–Crippen LogP) is 2.25. The lowest BCUT2D eigenvalue weighted by Crippen LogP contribution is -2.28. The van der Waals surface area contributed by atoms with Crippen LogP contribution in [0.4, 0.5) is 0 Å². The van der Waals surface area contributed by atoms with Crippen LogP contribution in [0.15, 0.2) is 0 Å². The highest BCUT2D eigenvalue weighted by atomic mass is 32.2. The third-order valence-electron chi connectivity index (χ3n) is 2.54. The van der Waals surface area contributed by atoms with Gasteiger partial charge in [-0.3, -0.25) is 0 Å². The number of hydrogen-bond acceptors (Lipinski definition) is 2.